The van der Waals surface area contributed by atoms with Crippen molar-refractivity contribution >= 4 is 21.7 Å². The van der Waals surface area contributed by atoms with Crippen molar-refractivity contribution in [3.8, 4) is 5.75 Å². The smallest absolute Gasteiger partial charge is 0.206 e. The summed E-state index contributed by atoms with van der Waals surface area (Å²) in [7, 11) is 0. The van der Waals surface area contributed by atoms with E-state index in [9.17, 15) is 13.6 Å². The molecule has 1 heterocycles. The molecule has 0 saturated heterocycles. The first-order chi connectivity index (χ1) is 9.08. The molecule has 0 spiro atoms. The first-order valence-electron chi connectivity index (χ1n) is 5.28. The van der Waals surface area contributed by atoms with E-state index in [1.54, 1.807) is 12.3 Å². The molecule has 98 valence electrons. The molecular formula is C13H8BrF2NO2. The summed E-state index contributed by atoms with van der Waals surface area (Å²) < 4.78 is 32.5. The Morgan fingerprint density at radius 1 is 1.26 bits per heavy atom. The molecule has 0 unspecified atom stereocenters. The number of hydrogen-bond donors (Lipinski definition) is 0. The van der Waals surface area contributed by atoms with Gasteiger partial charge in [0.2, 0.25) is 5.78 Å². The Hall–Kier alpha value is -1.82. The molecule has 0 atom stereocenters. The molecule has 0 fully saturated rings. The number of carbonyl (C=O) groups is 1. The summed E-state index contributed by atoms with van der Waals surface area (Å²) in [5.41, 5.74) is -0.592. The van der Waals surface area contributed by atoms with Crippen molar-refractivity contribution in [1.82, 2.24) is 4.98 Å². The van der Waals surface area contributed by atoms with Crippen molar-refractivity contribution in [2.75, 3.05) is 6.61 Å². The Morgan fingerprint density at radius 3 is 2.58 bits per heavy atom. The van der Waals surface area contributed by atoms with Crippen LogP contribution in [0.15, 0.2) is 41.1 Å². The number of ether oxygens (including phenoxy) is 1. The number of rotatable bonds is 4. The molecule has 0 bridgehead atoms. The summed E-state index contributed by atoms with van der Waals surface area (Å²) in [4.78, 5) is 15.5. The predicted molar refractivity (Wildman–Crippen MR) is 68.1 cm³/mol. The van der Waals surface area contributed by atoms with Gasteiger partial charge in [0.05, 0.1) is 11.8 Å². The number of pyridine rings is 1. The monoisotopic (exact) mass is 327 g/mol. The Balaban J connectivity index is 2.10. The number of carbonyl (C=O) groups excluding carboxylic acids is 1. The van der Waals surface area contributed by atoms with E-state index in [0.29, 0.717) is 10.2 Å². The van der Waals surface area contributed by atoms with Crippen molar-refractivity contribution in [2.24, 2.45) is 0 Å². The van der Waals surface area contributed by atoms with Gasteiger partial charge in [-0.25, -0.2) is 8.78 Å². The molecule has 19 heavy (non-hydrogen) atoms. The van der Waals surface area contributed by atoms with Crippen molar-refractivity contribution in [2.45, 2.75) is 0 Å². The fourth-order valence-corrected chi connectivity index (χ4v) is 1.80. The minimum absolute atomic E-state index is 0.333. The lowest BCUT2D eigenvalue weighted by Crippen LogP contribution is -2.15. The number of hydrogen-bond acceptors (Lipinski definition) is 3. The van der Waals surface area contributed by atoms with E-state index in [1.807, 2.05) is 0 Å². The molecule has 2 aromatic rings. The van der Waals surface area contributed by atoms with Crippen LogP contribution in [0, 0.1) is 11.6 Å². The summed E-state index contributed by atoms with van der Waals surface area (Å²) in [6.07, 6.45) is 2.95. The van der Waals surface area contributed by atoms with Gasteiger partial charge in [0, 0.05) is 10.7 Å². The highest BCUT2D eigenvalue weighted by molar-refractivity contribution is 9.10. The van der Waals surface area contributed by atoms with E-state index in [4.69, 9.17) is 4.74 Å². The first-order valence-corrected chi connectivity index (χ1v) is 6.08. The molecule has 0 aliphatic carbocycles. The number of aromatic nitrogens is 1. The molecule has 3 nitrogen and oxygen atoms in total. The minimum atomic E-state index is -0.902. The summed E-state index contributed by atoms with van der Waals surface area (Å²) in [5.74, 6) is -2.24. The SMILES string of the molecule is O=C(COc1cncc(Br)c1)c1c(F)cccc1F. The number of ketones is 1. The van der Waals surface area contributed by atoms with Gasteiger partial charge < -0.3 is 4.74 Å². The zero-order valence-corrected chi connectivity index (χ0v) is 11.2. The molecule has 1 aromatic carbocycles. The zero-order chi connectivity index (χ0) is 13.8. The quantitative estimate of drug-likeness (QED) is 0.808. The number of Topliss-reactive ketones (excluding diaryl/α,β-unsaturated/α-hetero) is 1. The van der Waals surface area contributed by atoms with E-state index in [-0.39, 0.29) is 0 Å². The molecule has 0 radical (unpaired) electrons. The molecule has 0 amide bonds. The van der Waals surface area contributed by atoms with Gasteiger partial charge in [-0.05, 0) is 34.1 Å². The summed E-state index contributed by atoms with van der Waals surface area (Å²) in [5, 5.41) is 0. The van der Waals surface area contributed by atoms with Crippen molar-refractivity contribution < 1.29 is 18.3 Å². The average molecular weight is 328 g/mol. The summed E-state index contributed by atoms with van der Waals surface area (Å²) in [6.45, 7) is -0.462. The molecule has 1 aromatic heterocycles. The van der Waals surface area contributed by atoms with E-state index in [0.717, 1.165) is 12.1 Å². The lowest BCUT2D eigenvalue weighted by atomic mass is 10.1. The van der Waals surface area contributed by atoms with Gasteiger partial charge in [-0.15, -0.1) is 0 Å². The van der Waals surface area contributed by atoms with E-state index >= 15 is 0 Å². The second-order valence-corrected chi connectivity index (χ2v) is 4.56. The molecule has 0 N–H and O–H groups in total. The Bertz CT molecular complexity index is 599. The van der Waals surface area contributed by atoms with Crippen LogP contribution in [-0.2, 0) is 0 Å². The standard InChI is InChI=1S/C13H8BrF2NO2/c14-8-4-9(6-17-5-8)19-7-12(18)13-10(15)2-1-3-11(13)16/h1-6H,7H2. The van der Waals surface area contributed by atoms with Gasteiger partial charge in [-0.2, -0.15) is 0 Å². The van der Waals surface area contributed by atoms with Crippen LogP contribution in [0.25, 0.3) is 0 Å². The van der Waals surface area contributed by atoms with Crippen LogP contribution in [0.1, 0.15) is 10.4 Å². The van der Waals surface area contributed by atoms with Crippen molar-refractivity contribution in [3.05, 3.63) is 58.3 Å². The Morgan fingerprint density at radius 2 is 1.95 bits per heavy atom. The third-order valence-corrected chi connectivity index (χ3v) is 2.72. The van der Waals surface area contributed by atoms with E-state index in [2.05, 4.69) is 20.9 Å². The third-order valence-electron chi connectivity index (χ3n) is 2.29. The topological polar surface area (TPSA) is 39.2 Å². The highest BCUT2D eigenvalue weighted by Gasteiger charge is 2.17. The van der Waals surface area contributed by atoms with Gasteiger partial charge in [-0.3, -0.25) is 9.78 Å². The summed E-state index contributed by atoms with van der Waals surface area (Å²) >= 11 is 3.19. The fraction of sp³-hybridized carbons (Fsp3) is 0.0769. The van der Waals surface area contributed by atoms with Crippen LogP contribution in [-0.4, -0.2) is 17.4 Å². The molecule has 0 aliphatic heterocycles. The normalized spacial score (nSPS) is 10.3. The van der Waals surface area contributed by atoms with Gasteiger partial charge >= 0.3 is 0 Å². The highest BCUT2D eigenvalue weighted by atomic mass is 79.9. The molecule has 0 saturated carbocycles. The average Bonchev–Trinajstić information content (AvgIpc) is 2.36. The summed E-state index contributed by atoms with van der Waals surface area (Å²) in [6, 6.07) is 4.84. The predicted octanol–water partition coefficient (Wildman–Crippen LogP) is 3.38. The molecule has 6 heteroatoms. The zero-order valence-electron chi connectivity index (χ0n) is 9.57. The largest absolute Gasteiger partial charge is 0.484 e. The third kappa shape index (κ3) is 3.35. The van der Waals surface area contributed by atoms with Crippen LogP contribution in [0.4, 0.5) is 8.78 Å². The van der Waals surface area contributed by atoms with Crippen LogP contribution >= 0.6 is 15.9 Å². The first kappa shape index (κ1) is 13.6. The second kappa shape index (κ2) is 5.88. The maximum absolute atomic E-state index is 13.4. The number of benzene rings is 1. The fourth-order valence-electron chi connectivity index (χ4n) is 1.46. The second-order valence-electron chi connectivity index (χ2n) is 3.65. The van der Waals surface area contributed by atoms with Crippen LogP contribution < -0.4 is 4.74 Å². The van der Waals surface area contributed by atoms with E-state index < -0.39 is 29.6 Å². The minimum Gasteiger partial charge on any atom is -0.484 e. The van der Waals surface area contributed by atoms with Crippen molar-refractivity contribution in [3.63, 3.8) is 0 Å². The van der Waals surface area contributed by atoms with Gasteiger partial charge in [-0.1, -0.05) is 6.07 Å². The van der Waals surface area contributed by atoms with Gasteiger partial charge in [0.15, 0.2) is 6.61 Å². The Kier molecular flexibility index (Phi) is 4.21. The van der Waals surface area contributed by atoms with Crippen LogP contribution in [0.2, 0.25) is 0 Å². The lowest BCUT2D eigenvalue weighted by Gasteiger charge is -2.06. The Labute approximate surface area is 116 Å². The van der Waals surface area contributed by atoms with Crippen LogP contribution in [0.5, 0.6) is 5.75 Å². The van der Waals surface area contributed by atoms with Crippen LogP contribution in [0.3, 0.4) is 0 Å². The maximum atomic E-state index is 13.4. The number of nitrogens with zero attached hydrogens (tertiary/aromatic N) is 1. The van der Waals surface area contributed by atoms with Gasteiger partial charge in [0.25, 0.3) is 0 Å². The van der Waals surface area contributed by atoms with E-state index in [1.165, 1.54) is 12.3 Å². The molecule has 0 aliphatic rings. The van der Waals surface area contributed by atoms with Gasteiger partial charge in [0.1, 0.15) is 17.4 Å². The molecular weight excluding hydrogens is 320 g/mol. The molecule has 2 rings (SSSR count). The lowest BCUT2D eigenvalue weighted by molar-refractivity contribution is 0.0912. The highest BCUT2D eigenvalue weighted by Crippen LogP contribution is 2.17. The van der Waals surface area contributed by atoms with Crippen molar-refractivity contribution in [1.29, 1.82) is 0 Å². The maximum Gasteiger partial charge on any atom is 0.206 e. The number of halogens is 3.